The van der Waals surface area contributed by atoms with E-state index >= 15 is 0 Å². The van der Waals surface area contributed by atoms with Crippen molar-refractivity contribution in [1.29, 1.82) is 0 Å². The maximum absolute atomic E-state index is 13.1. The summed E-state index contributed by atoms with van der Waals surface area (Å²) in [6, 6.07) is 12.6. The molecule has 31 heavy (non-hydrogen) atoms. The van der Waals surface area contributed by atoms with Crippen LogP contribution in [0.15, 0.2) is 46.9 Å². The highest BCUT2D eigenvalue weighted by molar-refractivity contribution is 5.68. The summed E-state index contributed by atoms with van der Waals surface area (Å²) in [5, 5.41) is 0. The van der Waals surface area contributed by atoms with Gasteiger partial charge in [0, 0.05) is 6.54 Å². The monoisotopic (exact) mass is 424 g/mol. The second-order valence-corrected chi connectivity index (χ2v) is 8.11. The highest BCUT2D eigenvalue weighted by Gasteiger charge is 2.23. The Morgan fingerprint density at radius 2 is 1.81 bits per heavy atom. The molecule has 5 nitrogen and oxygen atoms in total. The fraction of sp³-hybridized carbons (Fsp3) is 0.400. The molecule has 2 heterocycles. The molecule has 1 aromatic heterocycles. The summed E-state index contributed by atoms with van der Waals surface area (Å²) in [6.07, 6.45) is 3.27. The van der Waals surface area contributed by atoms with Crippen LogP contribution in [0.1, 0.15) is 29.9 Å². The quantitative estimate of drug-likeness (QED) is 0.518. The molecular formula is C25H29FN2O3. The molecule has 0 atom stereocenters. The van der Waals surface area contributed by atoms with Gasteiger partial charge < -0.3 is 13.9 Å². The SMILES string of the molecule is COc1cccc(-c2nc(CN3CCC(Cc4ccc(F)cc4)CC3)c(C)o2)c1OC. The molecule has 0 unspecified atom stereocenters. The standard InChI is InChI=1S/C25H29FN2O3/c1-17-22(27-25(31-17)21-5-4-6-23(29-2)24(21)30-3)16-28-13-11-19(12-14-28)15-18-7-9-20(26)10-8-18/h4-10,19H,11-16H2,1-3H3. The van der Waals surface area contributed by atoms with E-state index in [2.05, 4.69) is 4.90 Å². The first-order chi connectivity index (χ1) is 15.1. The molecule has 164 valence electrons. The van der Waals surface area contributed by atoms with E-state index in [0.29, 0.717) is 23.3 Å². The topological polar surface area (TPSA) is 47.7 Å². The highest BCUT2D eigenvalue weighted by Crippen LogP contribution is 2.38. The average Bonchev–Trinajstić information content (AvgIpc) is 3.16. The van der Waals surface area contributed by atoms with Gasteiger partial charge in [0.05, 0.1) is 25.5 Å². The summed E-state index contributed by atoms with van der Waals surface area (Å²) in [7, 11) is 3.24. The van der Waals surface area contributed by atoms with Gasteiger partial charge in [-0.05, 0) is 75.0 Å². The van der Waals surface area contributed by atoms with Gasteiger partial charge in [-0.25, -0.2) is 9.37 Å². The van der Waals surface area contributed by atoms with Gasteiger partial charge in [-0.2, -0.15) is 0 Å². The van der Waals surface area contributed by atoms with Crippen molar-refractivity contribution in [3.63, 3.8) is 0 Å². The van der Waals surface area contributed by atoms with Crippen LogP contribution in [0, 0.1) is 18.7 Å². The minimum absolute atomic E-state index is 0.174. The lowest BCUT2D eigenvalue weighted by Gasteiger charge is -2.31. The zero-order chi connectivity index (χ0) is 21.8. The van der Waals surface area contributed by atoms with Gasteiger partial charge in [-0.3, -0.25) is 4.90 Å². The normalized spacial score (nSPS) is 15.2. The zero-order valence-electron chi connectivity index (χ0n) is 18.4. The Morgan fingerprint density at radius 1 is 1.06 bits per heavy atom. The summed E-state index contributed by atoms with van der Waals surface area (Å²) in [6.45, 7) is 4.77. The number of oxazole rings is 1. The first kappa shape index (κ1) is 21.4. The van der Waals surface area contributed by atoms with Gasteiger partial charge in [-0.15, -0.1) is 0 Å². The molecule has 1 fully saturated rings. The van der Waals surface area contributed by atoms with E-state index in [4.69, 9.17) is 18.9 Å². The van der Waals surface area contributed by atoms with Crippen LogP contribution in [0.2, 0.25) is 0 Å². The molecule has 1 aliphatic heterocycles. The van der Waals surface area contributed by atoms with Gasteiger partial charge in [0.1, 0.15) is 11.6 Å². The Kier molecular flexibility index (Phi) is 6.56. The molecule has 0 radical (unpaired) electrons. The summed E-state index contributed by atoms with van der Waals surface area (Å²) < 4.78 is 30.0. The van der Waals surface area contributed by atoms with Crippen molar-refractivity contribution in [2.45, 2.75) is 32.7 Å². The van der Waals surface area contributed by atoms with E-state index in [0.717, 1.165) is 55.9 Å². The molecule has 3 aromatic rings. The maximum atomic E-state index is 13.1. The molecule has 0 N–H and O–H groups in total. The predicted molar refractivity (Wildman–Crippen MR) is 118 cm³/mol. The fourth-order valence-corrected chi connectivity index (χ4v) is 4.26. The number of methoxy groups -OCH3 is 2. The Morgan fingerprint density at radius 3 is 2.48 bits per heavy atom. The lowest BCUT2D eigenvalue weighted by atomic mass is 9.90. The van der Waals surface area contributed by atoms with Crippen LogP contribution in [-0.2, 0) is 13.0 Å². The van der Waals surface area contributed by atoms with Crippen molar-refractivity contribution >= 4 is 0 Å². The molecule has 2 aromatic carbocycles. The number of rotatable bonds is 7. The third-order valence-corrected chi connectivity index (χ3v) is 6.04. The number of piperidine rings is 1. The van der Waals surface area contributed by atoms with Crippen molar-refractivity contribution in [3.8, 4) is 23.0 Å². The number of ether oxygens (including phenoxy) is 2. The molecule has 0 spiro atoms. The Balaban J connectivity index is 1.39. The lowest BCUT2D eigenvalue weighted by molar-refractivity contribution is 0.175. The fourth-order valence-electron chi connectivity index (χ4n) is 4.26. The van der Waals surface area contributed by atoms with Crippen LogP contribution in [-0.4, -0.2) is 37.2 Å². The van der Waals surface area contributed by atoms with Crippen molar-refractivity contribution in [2.75, 3.05) is 27.3 Å². The zero-order valence-corrected chi connectivity index (χ0v) is 18.4. The number of aromatic nitrogens is 1. The molecule has 4 rings (SSSR count). The number of para-hydroxylation sites is 1. The Labute approximate surface area is 182 Å². The van der Waals surface area contributed by atoms with Gasteiger partial charge >= 0.3 is 0 Å². The van der Waals surface area contributed by atoms with Crippen molar-refractivity contribution in [3.05, 3.63) is 65.3 Å². The van der Waals surface area contributed by atoms with Crippen LogP contribution >= 0.6 is 0 Å². The molecule has 1 aliphatic rings. The second kappa shape index (κ2) is 9.52. The van der Waals surface area contributed by atoms with Gasteiger partial charge in [0.15, 0.2) is 11.5 Å². The Bertz CT molecular complexity index is 1010. The van der Waals surface area contributed by atoms with Crippen molar-refractivity contribution in [2.24, 2.45) is 5.92 Å². The number of aryl methyl sites for hydroxylation is 1. The van der Waals surface area contributed by atoms with E-state index in [-0.39, 0.29) is 5.82 Å². The highest BCUT2D eigenvalue weighted by atomic mass is 19.1. The van der Waals surface area contributed by atoms with E-state index in [9.17, 15) is 4.39 Å². The molecule has 6 heteroatoms. The van der Waals surface area contributed by atoms with E-state index < -0.39 is 0 Å². The van der Waals surface area contributed by atoms with E-state index in [1.165, 1.54) is 5.56 Å². The van der Waals surface area contributed by atoms with Crippen LogP contribution < -0.4 is 9.47 Å². The molecular weight excluding hydrogens is 395 g/mol. The molecule has 0 saturated carbocycles. The molecule has 1 saturated heterocycles. The Hall–Kier alpha value is -2.86. The maximum Gasteiger partial charge on any atom is 0.230 e. The summed E-state index contributed by atoms with van der Waals surface area (Å²) >= 11 is 0. The summed E-state index contributed by atoms with van der Waals surface area (Å²) in [5.74, 6) is 3.12. The second-order valence-electron chi connectivity index (χ2n) is 8.11. The van der Waals surface area contributed by atoms with Gasteiger partial charge in [0.25, 0.3) is 0 Å². The first-order valence-corrected chi connectivity index (χ1v) is 10.7. The van der Waals surface area contributed by atoms with Crippen LogP contribution in [0.5, 0.6) is 11.5 Å². The number of likely N-dealkylation sites (tertiary alicyclic amines) is 1. The third kappa shape index (κ3) is 4.90. The molecule has 0 aliphatic carbocycles. The largest absolute Gasteiger partial charge is 0.493 e. The van der Waals surface area contributed by atoms with Gasteiger partial charge in [0.2, 0.25) is 5.89 Å². The van der Waals surface area contributed by atoms with Crippen LogP contribution in [0.4, 0.5) is 4.39 Å². The van der Waals surface area contributed by atoms with Gasteiger partial charge in [-0.1, -0.05) is 18.2 Å². The third-order valence-electron chi connectivity index (χ3n) is 6.04. The van der Waals surface area contributed by atoms with E-state index in [1.807, 2.05) is 37.3 Å². The van der Waals surface area contributed by atoms with E-state index in [1.54, 1.807) is 26.4 Å². The van der Waals surface area contributed by atoms with Crippen LogP contribution in [0.3, 0.4) is 0 Å². The van der Waals surface area contributed by atoms with Crippen LogP contribution in [0.25, 0.3) is 11.5 Å². The number of hydrogen-bond acceptors (Lipinski definition) is 5. The first-order valence-electron chi connectivity index (χ1n) is 10.7. The summed E-state index contributed by atoms with van der Waals surface area (Å²) in [4.78, 5) is 7.20. The number of hydrogen-bond donors (Lipinski definition) is 0. The number of halogens is 1. The molecule has 0 amide bonds. The average molecular weight is 425 g/mol. The van der Waals surface area contributed by atoms with Crippen molar-refractivity contribution < 1.29 is 18.3 Å². The summed E-state index contributed by atoms with van der Waals surface area (Å²) in [5.41, 5.74) is 2.95. The van der Waals surface area contributed by atoms with Crippen molar-refractivity contribution in [1.82, 2.24) is 9.88 Å². The molecule has 0 bridgehead atoms. The number of nitrogens with zero attached hydrogens (tertiary/aromatic N) is 2. The minimum Gasteiger partial charge on any atom is -0.493 e. The number of benzene rings is 2. The predicted octanol–water partition coefficient (Wildman–Crippen LogP) is 5.26. The smallest absolute Gasteiger partial charge is 0.230 e. The minimum atomic E-state index is -0.174. The lowest BCUT2D eigenvalue weighted by Crippen LogP contribution is -2.34.